The van der Waals surface area contributed by atoms with Crippen LogP contribution in [0.3, 0.4) is 0 Å². The summed E-state index contributed by atoms with van der Waals surface area (Å²) in [5.74, 6) is 1.32. The van der Waals surface area contributed by atoms with Gasteiger partial charge in [0.2, 0.25) is 0 Å². The first-order valence-corrected chi connectivity index (χ1v) is 10.4. The van der Waals surface area contributed by atoms with E-state index in [4.69, 9.17) is 4.74 Å². The average Bonchev–Trinajstić information content (AvgIpc) is 3.10. The summed E-state index contributed by atoms with van der Waals surface area (Å²) in [5.41, 5.74) is 2.99. The zero-order valence-corrected chi connectivity index (χ0v) is 21.1. The fraction of sp³-hybridized carbons (Fsp3) is 0.348. The summed E-state index contributed by atoms with van der Waals surface area (Å²) in [5, 5.41) is 10.9. The maximum absolute atomic E-state index is 13.7. The Hall–Kier alpha value is -2.69. The number of hydrogen-bond acceptors (Lipinski definition) is 4. The highest BCUT2D eigenvalue weighted by molar-refractivity contribution is 14.0. The highest BCUT2D eigenvalue weighted by atomic mass is 127. The van der Waals surface area contributed by atoms with Crippen LogP contribution in [0, 0.1) is 19.7 Å². The number of nitrogens with one attached hydrogen (secondary N) is 2. The molecule has 3 rings (SSSR count). The van der Waals surface area contributed by atoms with Crippen molar-refractivity contribution in [2.45, 2.75) is 40.3 Å². The van der Waals surface area contributed by atoms with Crippen molar-refractivity contribution in [1.29, 1.82) is 0 Å². The molecule has 1 unspecified atom stereocenters. The monoisotopic (exact) mass is 552 g/mol. The first-order valence-electron chi connectivity index (χ1n) is 10.4. The molecule has 2 aromatic heterocycles. The van der Waals surface area contributed by atoms with Crippen molar-refractivity contribution in [3.05, 3.63) is 71.4 Å². The number of guanidine groups is 1. The van der Waals surface area contributed by atoms with Crippen LogP contribution in [0.5, 0.6) is 5.75 Å². The van der Waals surface area contributed by atoms with Crippen LogP contribution in [0.4, 0.5) is 4.39 Å². The van der Waals surface area contributed by atoms with Gasteiger partial charge in [0.05, 0.1) is 18.8 Å². The Labute approximate surface area is 205 Å². The third-order valence-corrected chi connectivity index (χ3v) is 4.52. The Morgan fingerprint density at radius 2 is 1.97 bits per heavy atom. The van der Waals surface area contributed by atoms with Gasteiger partial charge in [0, 0.05) is 18.4 Å². The molecular weight excluding hydrogens is 522 g/mol. The van der Waals surface area contributed by atoms with Gasteiger partial charge in [0.25, 0.3) is 0 Å². The van der Waals surface area contributed by atoms with E-state index in [0.717, 1.165) is 29.3 Å². The second-order valence-corrected chi connectivity index (χ2v) is 7.30. The predicted octanol–water partition coefficient (Wildman–Crippen LogP) is 4.16. The molecule has 1 atom stereocenters. The molecule has 0 saturated carbocycles. The van der Waals surface area contributed by atoms with E-state index in [1.165, 1.54) is 6.07 Å². The van der Waals surface area contributed by atoms with Crippen molar-refractivity contribution >= 4 is 29.9 Å². The number of ether oxygens (including phenoxy) is 1. The van der Waals surface area contributed by atoms with Crippen LogP contribution in [-0.4, -0.2) is 39.9 Å². The summed E-state index contributed by atoms with van der Waals surface area (Å²) >= 11 is 0. The average molecular weight is 552 g/mol. The smallest absolute Gasteiger partial charge is 0.191 e. The molecule has 0 aliphatic rings. The van der Waals surface area contributed by atoms with Gasteiger partial charge in [-0.3, -0.25) is 0 Å². The fourth-order valence-electron chi connectivity index (χ4n) is 3.05. The highest BCUT2D eigenvalue weighted by Gasteiger charge is 2.09. The maximum Gasteiger partial charge on any atom is 0.191 e. The summed E-state index contributed by atoms with van der Waals surface area (Å²) in [6.07, 6.45) is 1.57. The molecule has 0 radical (unpaired) electrons. The molecule has 2 N–H and O–H groups in total. The second-order valence-electron chi connectivity index (χ2n) is 7.30. The van der Waals surface area contributed by atoms with Gasteiger partial charge < -0.3 is 15.4 Å². The molecule has 0 aliphatic heterocycles. The lowest BCUT2D eigenvalue weighted by atomic mass is 10.3. The highest BCUT2D eigenvalue weighted by Crippen LogP contribution is 2.16. The maximum atomic E-state index is 13.7. The van der Waals surface area contributed by atoms with E-state index < -0.39 is 0 Å². The van der Waals surface area contributed by atoms with Gasteiger partial charge >= 0.3 is 0 Å². The molecular formula is C23H30FIN6O. The predicted molar refractivity (Wildman–Crippen MR) is 136 cm³/mol. The molecule has 172 valence electrons. The largest absolute Gasteiger partial charge is 0.486 e. The van der Waals surface area contributed by atoms with Gasteiger partial charge in [-0.05, 0) is 57.5 Å². The van der Waals surface area contributed by atoms with Crippen LogP contribution < -0.4 is 15.4 Å². The minimum absolute atomic E-state index is 0. The van der Waals surface area contributed by atoms with Gasteiger partial charge in [0.15, 0.2) is 23.3 Å². The lowest BCUT2D eigenvalue weighted by molar-refractivity contribution is 0.214. The lowest BCUT2D eigenvalue weighted by Crippen LogP contribution is -2.41. The zero-order chi connectivity index (χ0) is 22.2. The first kappa shape index (κ1) is 25.6. The van der Waals surface area contributed by atoms with E-state index >= 15 is 0 Å². The van der Waals surface area contributed by atoms with Crippen molar-refractivity contribution in [2.24, 2.45) is 4.99 Å². The number of rotatable bonds is 8. The summed E-state index contributed by atoms with van der Waals surface area (Å²) in [6, 6.07) is 12.3. The Kier molecular flexibility index (Phi) is 9.89. The van der Waals surface area contributed by atoms with Crippen LogP contribution in [0.2, 0.25) is 0 Å². The molecule has 2 heterocycles. The van der Waals surface area contributed by atoms with Crippen molar-refractivity contribution in [1.82, 2.24) is 25.4 Å². The Morgan fingerprint density at radius 3 is 2.59 bits per heavy atom. The third kappa shape index (κ3) is 7.18. The van der Waals surface area contributed by atoms with Crippen LogP contribution >= 0.6 is 24.0 Å². The normalized spacial score (nSPS) is 12.1. The Balaban J connectivity index is 0.00000363. The minimum atomic E-state index is -0.369. The van der Waals surface area contributed by atoms with E-state index in [2.05, 4.69) is 25.7 Å². The summed E-state index contributed by atoms with van der Waals surface area (Å²) in [6.45, 7) is 9.53. The third-order valence-electron chi connectivity index (χ3n) is 4.52. The van der Waals surface area contributed by atoms with Gasteiger partial charge in [-0.2, -0.15) is 5.10 Å². The number of benzene rings is 1. The van der Waals surface area contributed by atoms with Crippen LogP contribution in [0.25, 0.3) is 5.82 Å². The Morgan fingerprint density at radius 1 is 1.19 bits per heavy atom. The Bertz CT molecular complexity index is 1020. The molecule has 0 amide bonds. The standard InChI is InChI=1S/C23H29FN6O.HI/c1-5-25-23(27-13-18(4)31-21-9-7-6-8-20(21)24)28-15-19-10-11-22(26-14-19)30-17(3)12-16(2)29-30;/h6-12,14,18H,5,13,15H2,1-4H3,(H2,25,27,28);1H. The van der Waals surface area contributed by atoms with Gasteiger partial charge in [-0.15, -0.1) is 24.0 Å². The minimum Gasteiger partial charge on any atom is -0.486 e. The first-order chi connectivity index (χ1) is 15.0. The van der Waals surface area contributed by atoms with Crippen molar-refractivity contribution in [3.8, 4) is 11.6 Å². The topological polar surface area (TPSA) is 76.4 Å². The zero-order valence-electron chi connectivity index (χ0n) is 18.8. The van der Waals surface area contributed by atoms with Crippen LogP contribution in [0.1, 0.15) is 30.8 Å². The summed E-state index contributed by atoms with van der Waals surface area (Å²) in [4.78, 5) is 9.12. The van der Waals surface area contributed by atoms with E-state index in [0.29, 0.717) is 19.0 Å². The molecule has 0 saturated heterocycles. The van der Waals surface area contributed by atoms with E-state index in [9.17, 15) is 4.39 Å². The quantitative estimate of drug-likeness (QED) is 0.250. The molecule has 0 bridgehead atoms. The number of pyridine rings is 1. The number of nitrogens with zero attached hydrogens (tertiary/aromatic N) is 4. The molecule has 32 heavy (non-hydrogen) atoms. The molecule has 0 fully saturated rings. The van der Waals surface area contributed by atoms with Gasteiger partial charge in [-0.25, -0.2) is 19.0 Å². The number of aliphatic imine (C=N–C) groups is 1. The SMILES string of the molecule is CCNC(=NCc1ccc(-n2nc(C)cc2C)nc1)NCC(C)Oc1ccccc1F.I. The van der Waals surface area contributed by atoms with E-state index in [-0.39, 0.29) is 41.6 Å². The molecule has 1 aromatic carbocycles. The van der Waals surface area contributed by atoms with Crippen LogP contribution in [-0.2, 0) is 6.54 Å². The molecule has 0 aliphatic carbocycles. The number of hydrogen-bond donors (Lipinski definition) is 2. The van der Waals surface area contributed by atoms with Crippen molar-refractivity contribution < 1.29 is 9.13 Å². The van der Waals surface area contributed by atoms with E-state index in [1.54, 1.807) is 18.2 Å². The van der Waals surface area contributed by atoms with Crippen LogP contribution in [0.15, 0.2) is 53.7 Å². The molecule has 3 aromatic rings. The summed E-state index contributed by atoms with van der Waals surface area (Å²) in [7, 11) is 0. The number of aryl methyl sites for hydroxylation is 2. The summed E-state index contributed by atoms with van der Waals surface area (Å²) < 4.78 is 21.2. The molecule has 0 spiro atoms. The van der Waals surface area contributed by atoms with E-state index in [1.807, 2.05) is 56.8 Å². The van der Waals surface area contributed by atoms with Gasteiger partial charge in [0.1, 0.15) is 6.10 Å². The number of aromatic nitrogens is 3. The van der Waals surface area contributed by atoms with Crippen molar-refractivity contribution in [3.63, 3.8) is 0 Å². The second kappa shape index (κ2) is 12.4. The number of para-hydroxylation sites is 1. The fourth-order valence-corrected chi connectivity index (χ4v) is 3.05. The van der Waals surface area contributed by atoms with Crippen molar-refractivity contribution in [2.75, 3.05) is 13.1 Å². The molecule has 7 nitrogen and oxygen atoms in total. The molecule has 9 heteroatoms. The van der Waals surface area contributed by atoms with Gasteiger partial charge in [-0.1, -0.05) is 18.2 Å². The number of halogens is 2. The lowest BCUT2D eigenvalue weighted by Gasteiger charge is -2.18.